The monoisotopic (exact) mass is 347 g/mol. The van der Waals surface area contributed by atoms with Crippen LogP contribution in [0.5, 0.6) is 0 Å². The first-order valence-corrected chi connectivity index (χ1v) is 9.75. The Bertz CT molecular complexity index is 543. The SMILES string of the molecule is CCOCCN1CCC2(CC1)CCN(c1ccnc(C)c1)CC2CO. The molecule has 1 unspecified atom stereocenters. The van der Waals surface area contributed by atoms with Gasteiger partial charge in [-0.15, -0.1) is 0 Å². The Labute approximate surface area is 152 Å². The van der Waals surface area contributed by atoms with Crippen molar-refractivity contribution in [3.8, 4) is 0 Å². The topological polar surface area (TPSA) is 48.8 Å². The molecular weight excluding hydrogens is 314 g/mol. The lowest BCUT2D eigenvalue weighted by Gasteiger charge is -2.52. The van der Waals surface area contributed by atoms with Gasteiger partial charge in [-0.2, -0.15) is 0 Å². The first-order chi connectivity index (χ1) is 12.2. The Morgan fingerprint density at radius 2 is 2.04 bits per heavy atom. The molecule has 25 heavy (non-hydrogen) atoms. The number of rotatable bonds is 6. The molecule has 5 heteroatoms. The maximum absolute atomic E-state index is 10.1. The Morgan fingerprint density at radius 1 is 1.28 bits per heavy atom. The molecule has 0 bridgehead atoms. The van der Waals surface area contributed by atoms with Crippen LogP contribution >= 0.6 is 0 Å². The predicted molar refractivity (Wildman–Crippen MR) is 101 cm³/mol. The van der Waals surface area contributed by atoms with E-state index in [1.165, 1.54) is 24.9 Å². The lowest BCUT2D eigenvalue weighted by atomic mass is 9.64. The number of aliphatic hydroxyl groups excluding tert-OH is 1. The highest BCUT2D eigenvalue weighted by atomic mass is 16.5. The highest BCUT2D eigenvalue weighted by Gasteiger charge is 2.44. The van der Waals surface area contributed by atoms with Crippen molar-refractivity contribution in [3.05, 3.63) is 24.0 Å². The van der Waals surface area contributed by atoms with Crippen molar-refractivity contribution in [2.24, 2.45) is 11.3 Å². The van der Waals surface area contributed by atoms with Crippen molar-refractivity contribution in [1.29, 1.82) is 0 Å². The summed E-state index contributed by atoms with van der Waals surface area (Å²) in [6.45, 7) is 11.4. The van der Waals surface area contributed by atoms with Crippen molar-refractivity contribution < 1.29 is 9.84 Å². The van der Waals surface area contributed by atoms with Gasteiger partial charge in [0.05, 0.1) is 6.61 Å². The number of hydrogen-bond donors (Lipinski definition) is 1. The van der Waals surface area contributed by atoms with E-state index in [1.54, 1.807) is 0 Å². The molecule has 3 rings (SSSR count). The Balaban J connectivity index is 1.59. The van der Waals surface area contributed by atoms with Gasteiger partial charge in [0.15, 0.2) is 0 Å². The predicted octanol–water partition coefficient (Wildman–Crippen LogP) is 2.33. The summed E-state index contributed by atoms with van der Waals surface area (Å²) in [4.78, 5) is 9.26. The van der Waals surface area contributed by atoms with E-state index < -0.39 is 0 Å². The molecule has 0 aromatic carbocycles. The number of aromatic nitrogens is 1. The molecule has 0 saturated carbocycles. The van der Waals surface area contributed by atoms with E-state index in [0.29, 0.717) is 17.9 Å². The van der Waals surface area contributed by atoms with Crippen molar-refractivity contribution in [3.63, 3.8) is 0 Å². The van der Waals surface area contributed by atoms with Crippen molar-refractivity contribution >= 4 is 5.69 Å². The van der Waals surface area contributed by atoms with Crippen LogP contribution in [0, 0.1) is 18.3 Å². The molecule has 2 fully saturated rings. The minimum atomic E-state index is 0.291. The molecule has 3 heterocycles. The van der Waals surface area contributed by atoms with Gasteiger partial charge in [-0.1, -0.05) is 0 Å². The van der Waals surface area contributed by atoms with Gasteiger partial charge in [0, 0.05) is 56.3 Å². The fraction of sp³-hybridized carbons (Fsp3) is 0.750. The average molecular weight is 348 g/mol. The van der Waals surface area contributed by atoms with Crippen LogP contribution in [0.3, 0.4) is 0 Å². The fourth-order valence-electron chi connectivity index (χ4n) is 4.54. The summed E-state index contributed by atoms with van der Waals surface area (Å²) in [7, 11) is 0. The van der Waals surface area contributed by atoms with E-state index in [2.05, 4.69) is 33.8 Å². The van der Waals surface area contributed by atoms with Gasteiger partial charge in [0.2, 0.25) is 0 Å². The molecule has 0 amide bonds. The standard InChI is InChI=1S/C20H33N3O2/c1-3-25-13-12-22-9-5-20(6-10-22)7-11-23(15-18(20)16-24)19-4-8-21-17(2)14-19/h4,8,14,18,24H,3,5-7,9-13,15-16H2,1-2H3. The summed E-state index contributed by atoms with van der Waals surface area (Å²) >= 11 is 0. The molecule has 1 N–H and O–H groups in total. The van der Waals surface area contributed by atoms with Crippen molar-refractivity contribution in [1.82, 2.24) is 9.88 Å². The summed E-state index contributed by atoms with van der Waals surface area (Å²) in [6.07, 6.45) is 5.47. The summed E-state index contributed by atoms with van der Waals surface area (Å²) in [5.41, 5.74) is 2.62. The van der Waals surface area contributed by atoms with Gasteiger partial charge >= 0.3 is 0 Å². The summed E-state index contributed by atoms with van der Waals surface area (Å²) in [5, 5.41) is 10.1. The van der Waals surface area contributed by atoms with E-state index in [0.717, 1.165) is 51.6 Å². The number of nitrogens with zero attached hydrogens (tertiary/aromatic N) is 3. The maximum Gasteiger partial charge on any atom is 0.0593 e. The number of aliphatic hydroxyl groups is 1. The second-order valence-corrected chi connectivity index (χ2v) is 7.63. The first-order valence-electron chi connectivity index (χ1n) is 9.75. The van der Waals surface area contributed by atoms with Crippen LogP contribution in [0.4, 0.5) is 5.69 Å². The number of likely N-dealkylation sites (tertiary alicyclic amines) is 1. The summed E-state index contributed by atoms with van der Waals surface area (Å²) in [6, 6.07) is 4.25. The molecule has 2 saturated heterocycles. The number of ether oxygens (including phenoxy) is 1. The lowest BCUT2D eigenvalue weighted by Crippen LogP contribution is -2.53. The third kappa shape index (κ3) is 4.33. The molecule has 1 aromatic rings. The lowest BCUT2D eigenvalue weighted by molar-refractivity contribution is -0.00380. The van der Waals surface area contributed by atoms with Crippen LogP contribution in [-0.2, 0) is 4.74 Å². The highest BCUT2D eigenvalue weighted by Crippen LogP contribution is 2.45. The van der Waals surface area contributed by atoms with E-state index in [1.807, 2.05) is 13.1 Å². The summed E-state index contributed by atoms with van der Waals surface area (Å²) in [5.74, 6) is 0.365. The maximum atomic E-state index is 10.1. The average Bonchev–Trinajstić information content (AvgIpc) is 2.64. The molecule has 1 atom stereocenters. The second kappa shape index (κ2) is 8.47. The molecule has 2 aliphatic heterocycles. The van der Waals surface area contributed by atoms with Gasteiger partial charge in [-0.05, 0) is 63.7 Å². The van der Waals surface area contributed by atoms with E-state index in [4.69, 9.17) is 4.74 Å². The fourth-order valence-corrected chi connectivity index (χ4v) is 4.54. The number of pyridine rings is 1. The van der Waals surface area contributed by atoms with Crippen LogP contribution in [0.15, 0.2) is 18.3 Å². The molecule has 0 radical (unpaired) electrons. The highest BCUT2D eigenvalue weighted by molar-refractivity contribution is 5.47. The van der Waals surface area contributed by atoms with Gasteiger partial charge < -0.3 is 19.6 Å². The van der Waals surface area contributed by atoms with Gasteiger partial charge in [-0.3, -0.25) is 4.98 Å². The Kier molecular flexibility index (Phi) is 6.31. The van der Waals surface area contributed by atoms with Crippen LogP contribution in [-0.4, -0.2) is 67.5 Å². The molecule has 1 spiro atoms. The van der Waals surface area contributed by atoms with Crippen molar-refractivity contribution in [2.45, 2.75) is 33.1 Å². The molecule has 140 valence electrons. The van der Waals surface area contributed by atoms with E-state index >= 15 is 0 Å². The minimum Gasteiger partial charge on any atom is -0.396 e. The minimum absolute atomic E-state index is 0.291. The van der Waals surface area contributed by atoms with E-state index in [-0.39, 0.29) is 0 Å². The Morgan fingerprint density at radius 3 is 2.72 bits per heavy atom. The zero-order valence-corrected chi connectivity index (χ0v) is 15.8. The smallest absolute Gasteiger partial charge is 0.0593 e. The van der Waals surface area contributed by atoms with Crippen LogP contribution < -0.4 is 4.90 Å². The normalized spacial score (nSPS) is 24.0. The molecule has 1 aromatic heterocycles. The van der Waals surface area contributed by atoms with Crippen LogP contribution in [0.2, 0.25) is 0 Å². The van der Waals surface area contributed by atoms with E-state index in [9.17, 15) is 5.11 Å². The number of hydrogen-bond acceptors (Lipinski definition) is 5. The molecular formula is C20H33N3O2. The second-order valence-electron chi connectivity index (χ2n) is 7.63. The Hall–Kier alpha value is -1.17. The molecule has 5 nitrogen and oxygen atoms in total. The molecule has 2 aliphatic rings. The number of piperidine rings is 2. The van der Waals surface area contributed by atoms with Gasteiger partial charge in [0.1, 0.15) is 0 Å². The van der Waals surface area contributed by atoms with Crippen LogP contribution in [0.1, 0.15) is 31.9 Å². The van der Waals surface area contributed by atoms with Gasteiger partial charge in [-0.25, -0.2) is 0 Å². The van der Waals surface area contributed by atoms with Crippen molar-refractivity contribution in [2.75, 3.05) is 57.4 Å². The number of anilines is 1. The first kappa shape index (κ1) is 18.6. The third-order valence-electron chi connectivity index (χ3n) is 6.26. The number of aryl methyl sites for hydroxylation is 1. The zero-order chi connectivity index (χ0) is 17.7. The zero-order valence-electron chi connectivity index (χ0n) is 15.8. The van der Waals surface area contributed by atoms with Crippen LogP contribution in [0.25, 0.3) is 0 Å². The third-order valence-corrected chi connectivity index (χ3v) is 6.26. The summed E-state index contributed by atoms with van der Waals surface area (Å²) < 4.78 is 5.49. The quantitative estimate of drug-likeness (QED) is 0.801. The molecule has 0 aliphatic carbocycles. The largest absolute Gasteiger partial charge is 0.396 e. The van der Waals surface area contributed by atoms with Gasteiger partial charge in [0.25, 0.3) is 0 Å².